The van der Waals surface area contributed by atoms with Crippen molar-refractivity contribution in [3.8, 4) is 0 Å². The summed E-state index contributed by atoms with van der Waals surface area (Å²) in [5.74, 6) is 0.823. The molecule has 2 atom stereocenters. The van der Waals surface area contributed by atoms with Gasteiger partial charge in [-0.05, 0) is 18.8 Å². The third-order valence-corrected chi connectivity index (χ3v) is 3.98. The summed E-state index contributed by atoms with van der Waals surface area (Å²) in [5.41, 5.74) is 0. The average molecular weight is 297 g/mol. The third kappa shape index (κ3) is 6.93. The van der Waals surface area contributed by atoms with E-state index < -0.39 is 0 Å². The number of carbonyl (C=O) groups excluding carboxylic acids is 2. The predicted octanol–water partition coefficient (Wildman–Crippen LogP) is 1.39. The molecule has 5 nitrogen and oxygen atoms in total. The van der Waals surface area contributed by atoms with Gasteiger partial charge in [0.1, 0.15) is 0 Å². The molecule has 5 heteroatoms. The van der Waals surface area contributed by atoms with Gasteiger partial charge in [0.05, 0.1) is 0 Å². The van der Waals surface area contributed by atoms with E-state index >= 15 is 0 Å². The Labute approximate surface area is 128 Å². The number of piperidine rings is 1. The maximum Gasteiger partial charge on any atom is 0.222 e. The summed E-state index contributed by atoms with van der Waals surface area (Å²) in [5, 5.41) is 6.01. The van der Waals surface area contributed by atoms with Crippen molar-refractivity contribution in [2.75, 3.05) is 26.2 Å². The summed E-state index contributed by atoms with van der Waals surface area (Å²) in [6.07, 6.45) is 3.45. The first kappa shape index (κ1) is 18.0. The molecule has 122 valence electrons. The van der Waals surface area contributed by atoms with Crippen LogP contribution in [0.3, 0.4) is 0 Å². The highest BCUT2D eigenvalue weighted by Gasteiger charge is 2.27. The molecule has 1 aliphatic heterocycles. The monoisotopic (exact) mass is 297 g/mol. The zero-order valence-corrected chi connectivity index (χ0v) is 13.9. The maximum absolute atomic E-state index is 11.9. The Morgan fingerprint density at radius 2 is 2.00 bits per heavy atom. The van der Waals surface area contributed by atoms with Gasteiger partial charge >= 0.3 is 0 Å². The zero-order valence-electron chi connectivity index (χ0n) is 13.9. The highest BCUT2D eigenvalue weighted by molar-refractivity contribution is 5.78. The lowest BCUT2D eigenvalue weighted by Gasteiger charge is -2.38. The number of amides is 2. The van der Waals surface area contributed by atoms with Crippen LogP contribution in [-0.2, 0) is 9.59 Å². The fraction of sp³-hybridized carbons (Fsp3) is 0.875. The molecule has 0 aromatic carbocycles. The third-order valence-electron chi connectivity index (χ3n) is 3.98. The van der Waals surface area contributed by atoms with Crippen LogP contribution in [0.2, 0.25) is 0 Å². The molecular formula is C16H31N3O2. The largest absolute Gasteiger partial charge is 0.355 e. The van der Waals surface area contributed by atoms with Crippen molar-refractivity contribution in [1.29, 1.82) is 0 Å². The molecule has 0 aromatic rings. The summed E-state index contributed by atoms with van der Waals surface area (Å²) in [4.78, 5) is 25.2. The second kappa shape index (κ2) is 9.03. The Morgan fingerprint density at radius 3 is 2.57 bits per heavy atom. The number of carbonyl (C=O) groups is 2. The van der Waals surface area contributed by atoms with Gasteiger partial charge in [-0.25, -0.2) is 0 Å². The van der Waals surface area contributed by atoms with Crippen molar-refractivity contribution in [2.24, 2.45) is 11.8 Å². The predicted molar refractivity (Wildman–Crippen MR) is 84.9 cm³/mol. The van der Waals surface area contributed by atoms with E-state index in [2.05, 4.69) is 22.5 Å². The molecule has 0 spiro atoms. The molecule has 2 amide bonds. The van der Waals surface area contributed by atoms with Crippen LogP contribution in [0.25, 0.3) is 0 Å². The molecule has 0 aromatic heterocycles. The quantitative estimate of drug-likeness (QED) is 0.746. The Morgan fingerprint density at radius 1 is 1.29 bits per heavy atom. The normalized spacial score (nSPS) is 23.1. The first-order valence-corrected chi connectivity index (χ1v) is 8.19. The average Bonchev–Trinajstić information content (AvgIpc) is 2.38. The second-order valence-corrected chi connectivity index (χ2v) is 6.49. The molecule has 0 radical (unpaired) electrons. The van der Waals surface area contributed by atoms with E-state index in [0.717, 1.165) is 26.1 Å². The molecule has 1 rings (SSSR count). The van der Waals surface area contributed by atoms with Gasteiger partial charge in [-0.1, -0.05) is 27.2 Å². The van der Waals surface area contributed by atoms with E-state index in [9.17, 15) is 9.59 Å². The highest BCUT2D eigenvalue weighted by Crippen LogP contribution is 2.21. The van der Waals surface area contributed by atoms with Crippen LogP contribution in [-0.4, -0.2) is 48.9 Å². The van der Waals surface area contributed by atoms with Crippen LogP contribution in [0.15, 0.2) is 0 Å². The van der Waals surface area contributed by atoms with Crippen molar-refractivity contribution in [3.05, 3.63) is 0 Å². The number of rotatable bonds is 7. The first-order valence-electron chi connectivity index (χ1n) is 8.19. The molecule has 1 saturated heterocycles. The van der Waals surface area contributed by atoms with Gasteiger partial charge in [-0.3, -0.25) is 14.5 Å². The van der Waals surface area contributed by atoms with Crippen molar-refractivity contribution >= 4 is 11.8 Å². The van der Waals surface area contributed by atoms with Crippen molar-refractivity contribution < 1.29 is 9.59 Å². The SMILES string of the molecule is CCCC1CC(NC(=O)C(C)C)CN(CCNC(C)=O)C1. The summed E-state index contributed by atoms with van der Waals surface area (Å²) in [6.45, 7) is 11.1. The van der Waals surface area contributed by atoms with E-state index in [0.29, 0.717) is 12.5 Å². The topological polar surface area (TPSA) is 61.4 Å². The summed E-state index contributed by atoms with van der Waals surface area (Å²) >= 11 is 0. The minimum Gasteiger partial charge on any atom is -0.355 e. The number of hydrogen-bond donors (Lipinski definition) is 2. The lowest BCUT2D eigenvalue weighted by molar-refractivity contribution is -0.125. The van der Waals surface area contributed by atoms with Crippen molar-refractivity contribution in [3.63, 3.8) is 0 Å². The van der Waals surface area contributed by atoms with E-state index in [4.69, 9.17) is 0 Å². The van der Waals surface area contributed by atoms with E-state index in [1.807, 2.05) is 13.8 Å². The molecule has 1 heterocycles. The molecule has 0 aliphatic carbocycles. The number of nitrogens with zero attached hydrogens (tertiary/aromatic N) is 1. The zero-order chi connectivity index (χ0) is 15.8. The fourth-order valence-electron chi connectivity index (χ4n) is 2.97. The molecule has 0 saturated carbocycles. The van der Waals surface area contributed by atoms with Crippen LogP contribution in [0.1, 0.15) is 47.0 Å². The van der Waals surface area contributed by atoms with Gasteiger partial charge in [0.2, 0.25) is 11.8 Å². The van der Waals surface area contributed by atoms with Gasteiger partial charge in [0.25, 0.3) is 0 Å². The van der Waals surface area contributed by atoms with Gasteiger partial charge < -0.3 is 10.6 Å². The summed E-state index contributed by atoms with van der Waals surface area (Å²) in [6, 6.07) is 0.238. The lowest BCUT2D eigenvalue weighted by atomic mass is 9.90. The Hall–Kier alpha value is -1.10. The Bertz CT molecular complexity index is 344. The molecule has 21 heavy (non-hydrogen) atoms. The Kier molecular flexibility index (Phi) is 7.72. The van der Waals surface area contributed by atoms with Gasteiger partial charge in [0, 0.05) is 45.1 Å². The van der Waals surface area contributed by atoms with Gasteiger partial charge in [0.15, 0.2) is 0 Å². The van der Waals surface area contributed by atoms with Crippen LogP contribution >= 0.6 is 0 Å². The summed E-state index contributed by atoms with van der Waals surface area (Å²) < 4.78 is 0. The lowest BCUT2D eigenvalue weighted by Crippen LogP contribution is -2.52. The molecular weight excluding hydrogens is 266 g/mol. The van der Waals surface area contributed by atoms with Crippen LogP contribution in [0, 0.1) is 11.8 Å². The molecule has 1 fully saturated rings. The van der Waals surface area contributed by atoms with Crippen molar-refractivity contribution in [1.82, 2.24) is 15.5 Å². The van der Waals surface area contributed by atoms with Crippen molar-refractivity contribution in [2.45, 2.75) is 53.0 Å². The number of hydrogen-bond acceptors (Lipinski definition) is 3. The van der Waals surface area contributed by atoms with E-state index in [1.54, 1.807) is 6.92 Å². The number of likely N-dealkylation sites (tertiary alicyclic amines) is 1. The molecule has 2 N–H and O–H groups in total. The molecule has 0 bridgehead atoms. The number of nitrogens with one attached hydrogen (secondary N) is 2. The van der Waals surface area contributed by atoms with Crippen LogP contribution < -0.4 is 10.6 Å². The minimum atomic E-state index is 0.0155. The molecule has 2 unspecified atom stereocenters. The van der Waals surface area contributed by atoms with Gasteiger partial charge in [-0.15, -0.1) is 0 Å². The smallest absolute Gasteiger partial charge is 0.222 e. The van der Waals surface area contributed by atoms with Crippen LogP contribution in [0.4, 0.5) is 0 Å². The summed E-state index contributed by atoms with van der Waals surface area (Å²) in [7, 11) is 0. The molecule has 1 aliphatic rings. The maximum atomic E-state index is 11.9. The highest BCUT2D eigenvalue weighted by atomic mass is 16.2. The fourth-order valence-corrected chi connectivity index (χ4v) is 2.97. The standard InChI is InChI=1S/C16H31N3O2/c1-5-6-14-9-15(18-16(21)12(2)3)11-19(10-14)8-7-17-13(4)20/h12,14-15H,5-11H2,1-4H3,(H,17,20)(H,18,21). The van der Waals surface area contributed by atoms with E-state index in [-0.39, 0.29) is 23.8 Å². The second-order valence-electron chi connectivity index (χ2n) is 6.49. The first-order chi connectivity index (χ1) is 9.92. The van der Waals surface area contributed by atoms with Gasteiger partial charge in [-0.2, -0.15) is 0 Å². The Balaban J connectivity index is 2.51. The van der Waals surface area contributed by atoms with E-state index in [1.165, 1.54) is 12.8 Å². The minimum absolute atomic E-state index is 0.0155. The van der Waals surface area contributed by atoms with Crippen LogP contribution in [0.5, 0.6) is 0 Å².